The maximum absolute atomic E-state index is 13.0. The molecule has 3 aromatic rings. The Bertz CT molecular complexity index is 977. The zero-order valence-corrected chi connectivity index (χ0v) is 17.2. The lowest BCUT2D eigenvalue weighted by Crippen LogP contribution is -3.06. The SMILES string of the molecule is CC[C@H](C)Cc1c(C)sc2nc(C[NH+](C)Cc3ccc(F)cc3)[nH]c(=O)c12. The number of hydrogen-bond acceptors (Lipinski definition) is 3. The molecule has 2 aromatic heterocycles. The number of thiophene rings is 1. The van der Waals surface area contributed by atoms with Gasteiger partial charge in [-0.1, -0.05) is 32.4 Å². The lowest BCUT2D eigenvalue weighted by atomic mass is 9.98. The number of aromatic nitrogens is 2. The molecule has 0 aliphatic carbocycles. The average molecular weight is 389 g/mol. The molecular formula is C21H27FN3OS+. The highest BCUT2D eigenvalue weighted by Gasteiger charge is 2.18. The normalized spacial score (nSPS) is 13.8. The van der Waals surface area contributed by atoms with Crippen LogP contribution in [0.5, 0.6) is 0 Å². The molecule has 0 saturated heterocycles. The Balaban J connectivity index is 1.81. The van der Waals surface area contributed by atoms with Crippen LogP contribution in [0.3, 0.4) is 0 Å². The van der Waals surface area contributed by atoms with Crippen LogP contribution in [0.4, 0.5) is 4.39 Å². The molecule has 1 aromatic carbocycles. The summed E-state index contributed by atoms with van der Waals surface area (Å²) in [6, 6.07) is 6.54. The van der Waals surface area contributed by atoms with Gasteiger partial charge in [0.1, 0.15) is 23.7 Å². The van der Waals surface area contributed by atoms with Crippen molar-refractivity contribution < 1.29 is 9.29 Å². The van der Waals surface area contributed by atoms with Crippen LogP contribution in [0, 0.1) is 18.7 Å². The third-order valence-corrected chi connectivity index (χ3v) is 6.09. The van der Waals surface area contributed by atoms with Crippen LogP contribution in [-0.2, 0) is 19.5 Å². The van der Waals surface area contributed by atoms with E-state index in [4.69, 9.17) is 4.98 Å². The first-order valence-electron chi connectivity index (χ1n) is 9.44. The Morgan fingerprint density at radius 3 is 2.63 bits per heavy atom. The highest BCUT2D eigenvalue weighted by Crippen LogP contribution is 2.29. The number of H-pyrrole nitrogens is 1. The fourth-order valence-corrected chi connectivity index (χ4v) is 4.41. The van der Waals surface area contributed by atoms with Crippen LogP contribution >= 0.6 is 11.3 Å². The number of halogens is 1. The van der Waals surface area contributed by atoms with E-state index >= 15 is 0 Å². The van der Waals surface area contributed by atoms with Crippen molar-refractivity contribution in [3.8, 4) is 0 Å². The second-order valence-electron chi connectivity index (χ2n) is 7.48. The van der Waals surface area contributed by atoms with Gasteiger partial charge in [-0.2, -0.15) is 0 Å². The van der Waals surface area contributed by atoms with Crippen molar-refractivity contribution in [2.75, 3.05) is 7.05 Å². The molecule has 0 spiro atoms. The topological polar surface area (TPSA) is 50.2 Å². The Morgan fingerprint density at radius 2 is 1.96 bits per heavy atom. The molecule has 0 fully saturated rings. The van der Waals surface area contributed by atoms with Crippen LogP contribution in [0.2, 0.25) is 0 Å². The third kappa shape index (κ3) is 4.62. The molecule has 144 valence electrons. The van der Waals surface area contributed by atoms with Gasteiger partial charge >= 0.3 is 0 Å². The van der Waals surface area contributed by atoms with Crippen LogP contribution in [0.15, 0.2) is 29.1 Å². The van der Waals surface area contributed by atoms with Crippen molar-refractivity contribution in [2.24, 2.45) is 5.92 Å². The summed E-state index contributed by atoms with van der Waals surface area (Å²) in [5, 5.41) is 0.762. The fourth-order valence-electron chi connectivity index (χ4n) is 3.34. The second kappa shape index (κ2) is 8.31. The standard InChI is InChI=1S/C21H26FN3OS/c1-5-13(2)10-17-14(3)27-21-19(17)20(26)23-18(24-21)12-25(4)11-15-6-8-16(22)9-7-15/h6-9,13H,5,10-12H2,1-4H3,(H,23,24,26)/p+1/t13-/m0/s1. The van der Waals surface area contributed by atoms with E-state index in [1.807, 2.05) is 7.05 Å². The number of benzene rings is 1. The number of aryl methyl sites for hydroxylation is 1. The average Bonchev–Trinajstić information content (AvgIpc) is 2.92. The smallest absolute Gasteiger partial charge is 0.260 e. The van der Waals surface area contributed by atoms with Gasteiger partial charge in [-0.05, 0) is 37.0 Å². The van der Waals surface area contributed by atoms with Crippen molar-refractivity contribution in [3.63, 3.8) is 0 Å². The Kier molecular flexibility index (Phi) is 6.07. The maximum atomic E-state index is 13.0. The zero-order valence-electron chi connectivity index (χ0n) is 16.4. The molecular weight excluding hydrogens is 361 g/mol. The summed E-state index contributed by atoms with van der Waals surface area (Å²) < 4.78 is 13.0. The number of rotatable bonds is 7. The first kappa shape index (κ1) is 19.7. The molecule has 0 bridgehead atoms. The van der Waals surface area contributed by atoms with Gasteiger partial charge in [0.25, 0.3) is 5.56 Å². The molecule has 27 heavy (non-hydrogen) atoms. The van der Waals surface area contributed by atoms with Gasteiger partial charge in [0.2, 0.25) is 0 Å². The van der Waals surface area contributed by atoms with E-state index in [0.29, 0.717) is 18.3 Å². The molecule has 3 rings (SSSR count). The number of nitrogens with zero attached hydrogens (tertiary/aromatic N) is 1. The van der Waals surface area contributed by atoms with Crippen molar-refractivity contribution in [1.29, 1.82) is 0 Å². The Morgan fingerprint density at radius 1 is 1.26 bits per heavy atom. The lowest BCUT2D eigenvalue weighted by Gasteiger charge is -2.13. The summed E-state index contributed by atoms with van der Waals surface area (Å²) in [4.78, 5) is 23.6. The highest BCUT2D eigenvalue weighted by molar-refractivity contribution is 7.18. The number of quaternary nitrogens is 1. The van der Waals surface area contributed by atoms with Gasteiger partial charge in [-0.25, -0.2) is 9.37 Å². The summed E-state index contributed by atoms with van der Waals surface area (Å²) in [6.07, 6.45) is 2.01. The number of aromatic amines is 1. The molecule has 0 saturated carbocycles. The van der Waals surface area contributed by atoms with Crippen molar-refractivity contribution in [1.82, 2.24) is 9.97 Å². The minimum Gasteiger partial charge on any atom is -0.327 e. The zero-order chi connectivity index (χ0) is 19.6. The molecule has 6 heteroatoms. The van der Waals surface area contributed by atoms with E-state index in [1.165, 1.54) is 21.9 Å². The van der Waals surface area contributed by atoms with E-state index in [-0.39, 0.29) is 11.4 Å². The molecule has 4 nitrogen and oxygen atoms in total. The molecule has 2 N–H and O–H groups in total. The van der Waals surface area contributed by atoms with Crippen molar-refractivity contribution in [3.05, 3.63) is 62.3 Å². The number of nitrogens with one attached hydrogen (secondary N) is 2. The van der Waals surface area contributed by atoms with E-state index in [9.17, 15) is 9.18 Å². The maximum Gasteiger partial charge on any atom is 0.260 e. The van der Waals surface area contributed by atoms with Gasteiger partial charge in [-0.15, -0.1) is 11.3 Å². The number of hydrogen-bond donors (Lipinski definition) is 2. The summed E-state index contributed by atoms with van der Waals surface area (Å²) >= 11 is 1.61. The Hall–Kier alpha value is -2.05. The van der Waals surface area contributed by atoms with Crippen LogP contribution in [0.25, 0.3) is 10.2 Å². The van der Waals surface area contributed by atoms with Crippen LogP contribution in [0.1, 0.15) is 42.1 Å². The third-order valence-electron chi connectivity index (χ3n) is 5.05. The van der Waals surface area contributed by atoms with E-state index < -0.39 is 0 Å². The van der Waals surface area contributed by atoms with Crippen molar-refractivity contribution in [2.45, 2.75) is 46.7 Å². The molecule has 0 aliphatic heterocycles. The van der Waals surface area contributed by atoms with E-state index in [2.05, 4.69) is 25.8 Å². The first-order chi connectivity index (χ1) is 12.9. The van der Waals surface area contributed by atoms with Crippen molar-refractivity contribution >= 4 is 21.6 Å². The quantitative estimate of drug-likeness (QED) is 0.653. The predicted molar refractivity (Wildman–Crippen MR) is 109 cm³/mol. The van der Waals surface area contributed by atoms with Gasteiger partial charge in [0.15, 0.2) is 5.82 Å². The fraction of sp³-hybridized carbons (Fsp3) is 0.429. The highest BCUT2D eigenvalue weighted by atomic mass is 32.1. The predicted octanol–water partition coefficient (Wildman–Crippen LogP) is 3.24. The minimum atomic E-state index is -0.228. The Labute approximate surface area is 163 Å². The minimum absolute atomic E-state index is 0.0350. The summed E-state index contributed by atoms with van der Waals surface area (Å²) in [5.41, 5.74) is 2.17. The molecule has 0 amide bonds. The second-order valence-corrected chi connectivity index (χ2v) is 8.69. The van der Waals surface area contributed by atoms with Crippen LogP contribution in [-0.4, -0.2) is 17.0 Å². The molecule has 2 atom stereocenters. The summed E-state index contributed by atoms with van der Waals surface area (Å²) in [6.45, 7) is 7.82. The largest absolute Gasteiger partial charge is 0.327 e. The van der Waals surface area contributed by atoms with Gasteiger partial charge in [-0.3, -0.25) is 4.79 Å². The lowest BCUT2D eigenvalue weighted by molar-refractivity contribution is -0.908. The van der Waals surface area contributed by atoms with E-state index in [1.54, 1.807) is 23.5 Å². The molecule has 0 radical (unpaired) electrons. The van der Waals surface area contributed by atoms with E-state index in [0.717, 1.165) is 40.7 Å². The van der Waals surface area contributed by atoms with Gasteiger partial charge in [0.05, 0.1) is 12.4 Å². The first-order valence-corrected chi connectivity index (χ1v) is 10.3. The monoisotopic (exact) mass is 388 g/mol. The number of fused-ring (bicyclic) bond motifs is 1. The molecule has 2 heterocycles. The summed E-state index contributed by atoms with van der Waals surface area (Å²) in [7, 11) is 2.04. The summed E-state index contributed by atoms with van der Waals surface area (Å²) in [5.74, 6) is 1.02. The molecule has 0 aliphatic rings. The van der Waals surface area contributed by atoms with Gasteiger partial charge in [0, 0.05) is 10.4 Å². The molecule has 1 unspecified atom stereocenters. The van der Waals surface area contributed by atoms with Crippen LogP contribution < -0.4 is 10.5 Å². The van der Waals surface area contributed by atoms with Gasteiger partial charge < -0.3 is 9.88 Å².